The minimum atomic E-state index is -4.31. The Morgan fingerprint density at radius 2 is 1.32 bits per heavy atom. The topological polar surface area (TPSA) is 101 Å². The first-order valence-corrected chi connectivity index (χ1v) is 13.2. The van der Waals surface area contributed by atoms with Crippen molar-refractivity contribution in [3.05, 3.63) is 0 Å². The maximum atomic E-state index is 16.1. The smallest absolute Gasteiger partial charge is 0.377 e. The molecule has 40 heavy (non-hydrogen) atoms. The summed E-state index contributed by atoms with van der Waals surface area (Å²) in [5.74, 6) is -23.1. The average Bonchev–Trinajstić information content (AvgIpc) is 3.61. The molecule has 5 aliphatic rings. The number of hydrogen-bond acceptors (Lipinski definition) is 8. The summed E-state index contributed by atoms with van der Waals surface area (Å²) in [6, 6.07) is 0. The fourth-order valence-electron chi connectivity index (χ4n) is 6.94. The number of carbonyl (C=O) groups is 2. The first-order chi connectivity index (χ1) is 18.3. The number of alkyl halides is 7. The Kier molecular flexibility index (Phi) is 6.99. The van der Waals surface area contributed by atoms with Crippen molar-refractivity contribution in [1.82, 2.24) is 0 Å². The van der Waals surface area contributed by atoms with E-state index in [1.54, 1.807) is 0 Å². The number of rotatable bonds is 7. The van der Waals surface area contributed by atoms with E-state index in [4.69, 9.17) is 23.7 Å². The van der Waals surface area contributed by atoms with Crippen molar-refractivity contribution in [2.75, 3.05) is 19.8 Å². The van der Waals surface area contributed by atoms with E-state index in [1.165, 1.54) is 0 Å². The van der Waals surface area contributed by atoms with Gasteiger partial charge in [-0.05, 0) is 38.5 Å². The number of ether oxygens (including phenoxy) is 5. The van der Waals surface area contributed by atoms with Crippen molar-refractivity contribution in [2.45, 2.75) is 99.6 Å². The van der Waals surface area contributed by atoms with Crippen molar-refractivity contribution in [3.63, 3.8) is 0 Å². The molecule has 9 unspecified atom stereocenters. The lowest BCUT2D eigenvalue weighted by Crippen LogP contribution is -2.58. The van der Waals surface area contributed by atoms with Gasteiger partial charge in [-0.2, -0.15) is 17.6 Å². The zero-order valence-corrected chi connectivity index (χ0v) is 21.8. The van der Waals surface area contributed by atoms with Crippen LogP contribution in [0.25, 0.3) is 0 Å². The van der Waals surface area contributed by atoms with Crippen LogP contribution in [0.3, 0.4) is 0 Å². The Hall–Kier alpha value is -1.71. The fourth-order valence-corrected chi connectivity index (χ4v) is 6.94. The fraction of sp³-hybridized carbons (Fsp3) is 0.920. The summed E-state index contributed by atoms with van der Waals surface area (Å²) in [6.07, 6.45) is -1.20. The maximum absolute atomic E-state index is 16.1. The molecule has 9 atom stereocenters. The van der Waals surface area contributed by atoms with E-state index < -0.39 is 103 Å². The summed E-state index contributed by atoms with van der Waals surface area (Å²) >= 11 is 0. The molecule has 0 aromatic rings. The second kappa shape index (κ2) is 9.40. The number of aliphatic hydroxyl groups is 1. The highest BCUT2D eigenvalue weighted by molar-refractivity contribution is 5.77. The van der Waals surface area contributed by atoms with Gasteiger partial charge in [0.25, 0.3) is 0 Å². The largest absolute Gasteiger partial charge is 0.452 e. The van der Waals surface area contributed by atoms with Gasteiger partial charge in [-0.3, -0.25) is 0 Å². The van der Waals surface area contributed by atoms with Gasteiger partial charge in [0.05, 0.1) is 13.2 Å². The number of esters is 2. The van der Waals surface area contributed by atoms with Crippen molar-refractivity contribution in [2.24, 2.45) is 23.7 Å². The monoisotopic (exact) mass is 592 g/mol. The number of hydrogen-bond donors (Lipinski definition) is 1. The van der Waals surface area contributed by atoms with Crippen molar-refractivity contribution < 1.29 is 69.1 Å². The molecule has 15 heteroatoms. The van der Waals surface area contributed by atoms with E-state index in [-0.39, 0.29) is 12.8 Å². The standard InChI is InChI=1S/C25H31F7O8/c1-20(26,27)18(33)39-16-12-3-5-14(7-12)24(16,35)36-9-22(30)10-37-25(38-11-23(22,31)32)15-6-4-13(8-15)17(25)40-19(34)21(2,28)29/h12-17,35H,3-11H2,1-2H3. The summed E-state index contributed by atoms with van der Waals surface area (Å²) in [7, 11) is 0. The lowest BCUT2D eigenvalue weighted by atomic mass is 9.90. The SMILES string of the molecule is CC(F)(F)C(=O)OC1C2CCC(C2)C1(O)OCC1(F)COC2(OCC1(F)F)C1CCC(C1)C2OC(=O)C(C)(F)F. The second-order valence-electron chi connectivity index (χ2n) is 12.0. The van der Waals surface area contributed by atoms with Gasteiger partial charge >= 0.3 is 29.7 Å². The third-order valence-electron chi connectivity index (χ3n) is 9.14. The van der Waals surface area contributed by atoms with E-state index in [2.05, 4.69) is 0 Å². The molecule has 4 bridgehead atoms. The van der Waals surface area contributed by atoms with Crippen LogP contribution in [0, 0.1) is 23.7 Å². The van der Waals surface area contributed by atoms with Crippen molar-refractivity contribution >= 4 is 11.9 Å². The maximum Gasteiger partial charge on any atom is 0.377 e. The van der Waals surface area contributed by atoms with E-state index in [9.17, 15) is 32.3 Å². The summed E-state index contributed by atoms with van der Waals surface area (Å²) < 4.78 is 127. The van der Waals surface area contributed by atoms with Gasteiger partial charge in [-0.25, -0.2) is 22.8 Å². The van der Waals surface area contributed by atoms with Crippen molar-refractivity contribution in [3.8, 4) is 0 Å². The van der Waals surface area contributed by atoms with E-state index in [0.29, 0.717) is 39.5 Å². The highest BCUT2D eigenvalue weighted by Crippen LogP contribution is 2.58. The molecule has 1 spiro atoms. The molecule has 1 aliphatic heterocycles. The molecule has 228 valence electrons. The van der Waals surface area contributed by atoms with Crippen LogP contribution in [0.5, 0.6) is 0 Å². The molecule has 8 nitrogen and oxygen atoms in total. The lowest BCUT2D eigenvalue weighted by Gasteiger charge is -2.42. The molecule has 0 aromatic heterocycles. The highest BCUT2D eigenvalue weighted by Gasteiger charge is 2.70. The van der Waals surface area contributed by atoms with Crippen LogP contribution in [0.15, 0.2) is 0 Å². The molecule has 0 amide bonds. The van der Waals surface area contributed by atoms with Crippen LogP contribution in [0.1, 0.15) is 52.4 Å². The summed E-state index contributed by atoms with van der Waals surface area (Å²) in [5.41, 5.74) is -3.65. The highest BCUT2D eigenvalue weighted by atomic mass is 19.3. The number of halogens is 7. The van der Waals surface area contributed by atoms with Gasteiger partial charge in [0.2, 0.25) is 17.2 Å². The van der Waals surface area contributed by atoms with Crippen LogP contribution in [0.2, 0.25) is 0 Å². The normalized spacial score (nSPS) is 44.1. The van der Waals surface area contributed by atoms with E-state index >= 15 is 13.2 Å². The average molecular weight is 593 g/mol. The Morgan fingerprint density at radius 1 is 0.825 bits per heavy atom. The Balaban J connectivity index is 1.35. The third-order valence-corrected chi connectivity index (χ3v) is 9.14. The van der Waals surface area contributed by atoms with Gasteiger partial charge < -0.3 is 28.8 Å². The minimum Gasteiger partial charge on any atom is -0.452 e. The van der Waals surface area contributed by atoms with E-state index in [1.807, 2.05) is 0 Å². The summed E-state index contributed by atoms with van der Waals surface area (Å²) in [6.45, 7) is -3.87. The molecule has 5 rings (SSSR count). The summed E-state index contributed by atoms with van der Waals surface area (Å²) in [4.78, 5) is 23.8. The molecule has 4 aliphatic carbocycles. The third kappa shape index (κ3) is 4.68. The van der Waals surface area contributed by atoms with Gasteiger partial charge in [-0.1, -0.05) is 0 Å². The van der Waals surface area contributed by atoms with Crippen molar-refractivity contribution in [1.29, 1.82) is 0 Å². The molecule has 0 aromatic carbocycles. The predicted octanol–water partition coefficient (Wildman–Crippen LogP) is 3.77. The minimum absolute atomic E-state index is 0.181. The van der Waals surface area contributed by atoms with Gasteiger partial charge in [-0.15, -0.1) is 0 Å². The van der Waals surface area contributed by atoms with Gasteiger partial charge in [0.1, 0.15) is 6.61 Å². The molecule has 1 N–H and O–H groups in total. The van der Waals surface area contributed by atoms with Crippen LogP contribution in [-0.2, 0) is 33.3 Å². The quantitative estimate of drug-likeness (QED) is 0.271. The second-order valence-corrected chi connectivity index (χ2v) is 12.0. The molecular weight excluding hydrogens is 561 g/mol. The zero-order chi connectivity index (χ0) is 29.5. The van der Waals surface area contributed by atoms with Crippen LogP contribution in [-0.4, -0.2) is 84.1 Å². The lowest BCUT2D eigenvalue weighted by molar-refractivity contribution is -0.312. The first kappa shape index (κ1) is 29.8. The summed E-state index contributed by atoms with van der Waals surface area (Å²) in [5, 5.41) is 11.2. The molecule has 4 saturated carbocycles. The number of fused-ring (bicyclic) bond motifs is 5. The van der Waals surface area contributed by atoms with Gasteiger partial charge in [0, 0.05) is 37.5 Å². The molecule has 0 radical (unpaired) electrons. The first-order valence-electron chi connectivity index (χ1n) is 13.2. The Labute approximate surface area is 224 Å². The van der Waals surface area contributed by atoms with E-state index in [0.717, 1.165) is 0 Å². The van der Waals surface area contributed by atoms with Crippen LogP contribution < -0.4 is 0 Å². The predicted molar refractivity (Wildman–Crippen MR) is 117 cm³/mol. The molecular formula is C25H31F7O8. The van der Waals surface area contributed by atoms with Gasteiger partial charge in [0.15, 0.2) is 12.2 Å². The molecule has 1 saturated heterocycles. The Bertz CT molecular complexity index is 1030. The van der Waals surface area contributed by atoms with Crippen LogP contribution >= 0.6 is 0 Å². The molecule has 1 heterocycles. The molecule has 5 fully saturated rings. The van der Waals surface area contributed by atoms with Crippen LogP contribution in [0.4, 0.5) is 30.7 Å². The number of carbonyl (C=O) groups excluding carboxylic acids is 2. The zero-order valence-electron chi connectivity index (χ0n) is 21.8. The Morgan fingerprint density at radius 3 is 1.93 bits per heavy atom.